The van der Waals surface area contributed by atoms with E-state index in [0.29, 0.717) is 6.61 Å². The first-order valence-electron chi connectivity index (χ1n) is 3.58. The van der Waals surface area contributed by atoms with Crippen LogP contribution in [0.4, 0.5) is 0 Å². The fraction of sp³-hybridized carbons (Fsp3) is 0.500. The average molecular weight is 140 g/mol. The highest BCUT2D eigenvalue weighted by atomic mass is 17.2. The van der Waals surface area contributed by atoms with Crippen LogP contribution in [-0.2, 0) is 9.78 Å². The van der Waals surface area contributed by atoms with Gasteiger partial charge in [-0.2, -0.15) is 4.89 Å². The summed E-state index contributed by atoms with van der Waals surface area (Å²) in [7, 11) is 0. The van der Waals surface area contributed by atoms with Crippen LogP contribution < -0.4 is 0 Å². The molecule has 0 bridgehead atoms. The first kappa shape index (κ1) is 7.35. The number of hydrogen-bond donors (Lipinski definition) is 0. The number of hydrogen-bond acceptors (Lipinski definition) is 2. The molecule has 10 heavy (non-hydrogen) atoms. The van der Waals surface area contributed by atoms with Gasteiger partial charge in [0.05, 0.1) is 0 Å². The van der Waals surface area contributed by atoms with E-state index in [2.05, 4.69) is 6.92 Å². The predicted molar refractivity (Wildman–Crippen MR) is 39.2 cm³/mol. The predicted octanol–water partition coefficient (Wildman–Crippen LogP) is 2.19. The molecule has 0 saturated carbocycles. The maximum Gasteiger partial charge on any atom is 0.142 e. The van der Waals surface area contributed by atoms with Crippen molar-refractivity contribution in [2.45, 2.75) is 19.8 Å². The smallest absolute Gasteiger partial charge is 0.142 e. The van der Waals surface area contributed by atoms with E-state index in [1.54, 1.807) is 0 Å². The Labute approximate surface area is 61.1 Å². The molecule has 0 aromatic heterocycles. The molecule has 0 aromatic carbocycles. The second kappa shape index (κ2) is 4.12. The molecule has 0 radical (unpaired) electrons. The molecule has 0 saturated heterocycles. The van der Waals surface area contributed by atoms with Crippen molar-refractivity contribution in [1.29, 1.82) is 0 Å². The highest BCUT2D eigenvalue weighted by molar-refractivity contribution is 5.08. The van der Waals surface area contributed by atoms with Crippen molar-refractivity contribution in [3.8, 4) is 0 Å². The molecule has 0 spiro atoms. The minimum absolute atomic E-state index is 0.545. The lowest BCUT2D eigenvalue weighted by molar-refractivity contribution is -0.253. The molecule has 1 aliphatic heterocycles. The standard InChI is InChI=1S/C8H12O2/c1-2-5-8-6-3-4-7-9-10-8/h3-4,6H,2,5,7H2,1H3. The summed E-state index contributed by atoms with van der Waals surface area (Å²) in [6, 6.07) is 0. The van der Waals surface area contributed by atoms with E-state index in [1.807, 2.05) is 18.2 Å². The van der Waals surface area contributed by atoms with E-state index in [0.717, 1.165) is 18.6 Å². The topological polar surface area (TPSA) is 18.5 Å². The summed E-state index contributed by atoms with van der Waals surface area (Å²) in [4.78, 5) is 9.75. The van der Waals surface area contributed by atoms with Gasteiger partial charge in [0.1, 0.15) is 12.4 Å². The fourth-order valence-corrected chi connectivity index (χ4v) is 0.779. The van der Waals surface area contributed by atoms with Crippen molar-refractivity contribution >= 4 is 0 Å². The van der Waals surface area contributed by atoms with Crippen LogP contribution in [-0.4, -0.2) is 6.61 Å². The molecule has 0 atom stereocenters. The van der Waals surface area contributed by atoms with E-state index in [-0.39, 0.29) is 0 Å². The van der Waals surface area contributed by atoms with Gasteiger partial charge >= 0.3 is 0 Å². The summed E-state index contributed by atoms with van der Waals surface area (Å²) < 4.78 is 0. The van der Waals surface area contributed by atoms with Gasteiger partial charge in [0.15, 0.2) is 0 Å². The Morgan fingerprint density at radius 2 is 2.50 bits per heavy atom. The molecule has 1 rings (SSSR count). The molecule has 0 N–H and O–H groups in total. The van der Waals surface area contributed by atoms with E-state index in [4.69, 9.17) is 9.78 Å². The average Bonchev–Trinajstić information content (AvgIpc) is 2.17. The Kier molecular flexibility index (Phi) is 3.03. The SMILES string of the molecule is CCCC1=CC=CCOO1. The second-order valence-corrected chi connectivity index (χ2v) is 2.18. The molecule has 0 fully saturated rings. The first-order chi connectivity index (χ1) is 4.93. The molecule has 0 aromatic rings. The van der Waals surface area contributed by atoms with Gasteiger partial charge in [-0.25, -0.2) is 0 Å². The summed E-state index contributed by atoms with van der Waals surface area (Å²) in [5, 5.41) is 0. The molecule has 0 aliphatic carbocycles. The van der Waals surface area contributed by atoms with Crippen LogP contribution in [0.15, 0.2) is 24.0 Å². The molecular formula is C8H12O2. The third-order valence-corrected chi connectivity index (χ3v) is 1.24. The maximum absolute atomic E-state index is 4.94. The van der Waals surface area contributed by atoms with Gasteiger partial charge in [0, 0.05) is 6.42 Å². The molecule has 0 amide bonds. The highest BCUT2D eigenvalue weighted by Gasteiger charge is 1.98. The second-order valence-electron chi connectivity index (χ2n) is 2.18. The summed E-state index contributed by atoms with van der Waals surface area (Å²) in [6.07, 6.45) is 7.85. The normalized spacial score (nSPS) is 17.5. The molecule has 1 heterocycles. The largest absolute Gasteiger partial charge is 0.342 e. The molecule has 1 aliphatic rings. The molecule has 56 valence electrons. The lowest BCUT2D eigenvalue weighted by atomic mass is 10.3. The van der Waals surface area contributed by atoms with Crippen LogP contribution in [0.3, 0.4) is 0 Å². The third-order valence-electron chi connectivity index (χ3n) is 1.24. The van der Waals surface area contributed by atoms with Gasteiger partial charge in [-0.1, -0.05) is 19.1 Å². The summed E-state index contributed by atoms with van der Waals surface area (Å²) in [6.45, 7) is 2.66. The van der Waals surface area contributed by atoms with Crippen molar-refractivity contribution in [2.24, 2.45) is 0 Å². The summed E-state index contributed by atoms with van der Waals surface area (Å²) in [5.74, 6) is 0.913. The van der Waals surface area contributed by atoms with Crippen molar-refractivity contribution in [2.75, 3.05) is 6.61 Å². The van der Waals surface area contributed by atoms with E-state index in [9.17, 15) is 0 Å². The molecule has 2 heteroatoms. The number of rotatable bonds is 2. The zero-order valence-electron chi connectivity index (χ0n) is 6.17. The maximum atomic E-state index is 4.94. The lowest BCUT2D eigenvalue weighted by Crippen LogP contribution is -1.92. The van der Waals surface area contributed by atoms with Gasteiger partial charge in [-0.3, -0.25) is 0 Å². The van der Waals surface area contributed by atoms with Gasteiger partial charge in [-0.15, -0.1) is 0 Å². The minimum Gasteiger partial charge on any atom is -0.342 e. The lowest BCUT2D eigenvalue weighted by Gasteiger charge is -2.02. The Morgan fingerprint density at radius 1 is 1.60 bits per heavy atom. The minimum atomic E-state index is 0.545. The number of allylic oxidation sites excluding steroid dienone is 3. The monoisotopic (exact) mass is 140 g/mol. The highest BCUT2D eigenvalue weighted by Crippen LogP contribution is 2.09. The van der Waals surface area contributed by atoms with Crippen molar-refractivity contribution < 1.29 is 9.78 Å². The Hall–Kier alpha value is -0.760. The molecule has 0 unspecified atom stereocenters. The zero-order chi connectivity index (χ0) is 7.23. The van der Waals surface area contributed by atoms with Gasteiger partial charge in [0.2, 0.25) is 0 Å². The van der Waals surface area contributed by atoms with Crippen LogP contribution in [0, 0.1) is 0 Å². The Balaban J connectivity index is 2.41. The van der Waals surface area contributed by atoms with Crippen LogP contribution in [0.5, 0.6) is 0 Å². The van der Waals surface area contributed by atoms with Crippen molar-refractivity contribution in [3.63, 3.8) is 0 Å². The third kappa shape index (κ3) is 2.23. The van der Waals surface area contributed by atoms with Crippen LogP contribution >= 0.6 is 0 Å². The van der Waals surface area contributed by atoms with E-state index in [1.165, 1.54) is 0 Å². The summed E-state index contributed by atoms with van der Waals surface area (Å²) >= 11 is 0. The first-order valence-corrected chi connectivity index (χ1v) is 3.58. The van der Waals surface area contributed by atoms with E-state index >= 15 is 0 Å². The van der Waals surface area contributed by atoms with Crippen LogP contribution in [0.2, 0.25) is 0 Å². The Morgan fingerprint density at radius 3 is 3.30 bits per heavy atom. The van der Waals surface area contributed by atoms with Gasteiger partial charge < -0.3 is 4.89 Å². The van der Waals surface area contributed by atoms with Crippen molar-refractivity contribution in [3.05, 3.63) is 24.0 Å². The van der Waals surface area contributed by atoms with E-state index < -0.39 is 0 Å². The molecular weight excluding hydrogens is 128 g/mol. The fourth-order valence-electron chi connectivity index (χ4n) is 0.779. The van der Waals surface area contributed by atoms with Gasteiger partial charge in [-0.05, 0) is 12.5 Å². The zero-order valence-corrected chi connectivity index (χ0v) is 6.17. The van der Waals surface area contributed by atoms with Gasteiger partial charge in [0.25, 0.3) is 0 Å². The van der Waals surface area contributed by atoms with Crippen LogP contribution in [0.1, 0.15) is 19.8 Å². The quantitative estimate of drug-likeness (QED) is 0.547. The Bertz CT molecular complexity index is 143. The van der Waals surface area contributed by atoms with Crippen LogP contribution in [0.25, 0.3) is 0 Å². The summed E-state index contributed by atoms with van der Waals surface area (Å²) in [5.41, 5.74) is 0. The van der Waals surface area contributed by atoms with Crippen molar-refractivity contribution in [1.82, 2.24) is 0 Å². The molecule has 2 nitrogen and oxygen atoms in total.